The zero-order valence-electron chi connectivity index (χ0n) is 9.87. The molecular weight excluding hydrogens is 285 g/mol. The Labute approximate surface area is 114 Å². The average Bonchev–Trinajstić information content (AvgIpc) is 2.33. The van der Waals surface area contributed by atoms with Gasteiger partial charge in [0.2, 0.25) is 5.91 Å². The van der Waals surface area contributed by atoms with Crippen LogP contribution in [0.2, 0.25) is 0 Å². The predicted octanol–water partition coefficient (Wildman–Crippen LogP) is 1.58. The van der Waals surface area contributed by atoms with Gasteiger partial charge in [-0.15, -0.1) is 12.4 Å². The van der Waals surface area contributed by atoms with Crippen molar-refractivity contribution >= 4 is 18.3 Å². The fourth-order valence-corrected chi connectivity index (χ4v) is 1.25. The van der Waals surface area contributed by atoms with Gasteiger partial charge in [-0.3, -0.25) is 4.79 Å². The average molecular weight is 299 g/mol. The number of alkyl halides is 3. The van der Waals surface area contributed by atoms with Crippen molar-refractivity contribution in [2.24, 2.45) is 5.73 Å². The van der Waals surface area contributed by atoms with Crippen LogP contribution in [0.25, 0.3) is 0 Å². The number of benzene rings is 1. The molecule has 0 saturated heterocycles. The number of halogens is 4. The Hall–Kier alpha value is -1.47. The molecule has 0 atom stereocenters. The Morgan fingerprint density at radius 2 is 1.95 bits per heavy atom. The van der Waals surface area contributed by atoms with Crippen LogP contribution in [0, 0.1) is 0 Å². The fraction of sp³-hybridized carbons (Fsp3) is 0.364. The van der Waals surface area contributed by atoms with Crippen molar-refractivity contribution in [1.82, 2.24) is 5.32 Å². The van der Waals surface area contributed by atoms with Crippen molar-refractivity contribution in [2.45, 2.75) is 6.18 Å². The summed E-state index contributed by atoms with van der Waals surface area (Å²) in [5, 5.41) is 2.39. The summed E-state index contributed by atoms with van der Waals surface area (Å²) in [7, 11) is 0. The highest BCUT2D eigenvalue weighted by Gasteiger charge is 2.33. The van der Waals surface area contributed by atoms with Crippen LogP contribution < -0.4 is 15.8 Å². The molecule has 0 fully saturated rings. The van der Waals surface area contributed by atoms with E-state index in [1.54, 1.807) is 0 Å². The van der Waals surface area contributed by atoms with Crippen LogP contribution in [0.3, 0.4) is 0 Å². The van der Waals surface area contributed by atoms with E-state index in [-0.39, 0.29) is 43.8 Å². The van der Waals surface area contributed by atoms with Crippen molar-refractivity contribution in [2.75, 3.05) is 19.7 Å². The molecule has 3 N–H and O–H groups in total. The summed E-state index contributed by atoms with van der Waals surface area (Å²) in [6, 6.07) is 4.90. The second-order valence-electron chi connectivity index (χ2n) is 3.40. The number of rotatable bonds is 5. The van der Waals surface area contributed by atoms with Gasteiger partial charge in [-0.1, -0.05) is 12.1 Å². The lowest BCUT2D eigenvalue weighted by Gasteiger charge is -2.13. The number of hydrogen-bond donors (Lipinski definition) is 2. The molecule has 1 amide bonds. The van der Waals surface area contributed by atoms with Gasteiger partial charge in [0, 0.05) is 0 Å². The lowest BCUT2D eigenvalue weighted by atomic mass is 10.2. The van der Waals surface area contributed by atoms with E-state index in [0.717, 1.165) is 6.07 Å². The molecular formula is C11H14ClF3N2O2. The summed E-state index contributed by atoms with van der Waals surface area (Å²) < 4.78 is 42.7. The topological polar surface area (TPSA) is 64.4 Å². The van der Waals surface area contributed by atoms with E-state index in [4.69, 9.17) is 10.5 Å². The Morgan fingerprint density at radius 3 is 2.53 bits per heavy atom. The van der Waals surface area contributed by atoms with E-state index < -0.39 is 11.7 Å². The molecule has 108 valence electrons. The molecule has 0 aliphatic carbocycles. The van der Waals surface area contributed by atoms with Gasteiger partial charge in [-0.05, 0) is 12.1 Å². The maximum atomic E-state index is 12.6. The zero-order chi connectivity index (χ0) is 13.6. The van der Waals surface area contributed by atoms with Crippen LogP contribution in [0.15, 0.2) is 24.3 Å². The molecule has 0 aliphatic rings. The van der Waals surface area contributed by atoms with E-state index >= 15 is 0 Å². The van der Waals surface area contributed by atoms with Crippen molar-refractivity contribution < 1.29 is 22.7 Å². The van der Waals surface area contributed by atoms with Gasteiger partial charge >= 0.3 is 6.18 Å². The lowest BCUT2D eigenvalue weighted by molar-refractivity contribution is -0.139. The number of para-hydroxylation sites is 1. The highest BCUT2D eigenvalue weighted by Crippen LogP contribution is 2.35. The second-order valence-corrected chi connectivity index (χ2v) is 3.40. The van der Waals surface area contributed by atoms with E-state index in [1.807, 2.05) is 0 Å². The summed E-state index contributed by atoms with van der Waals surface area (Å²) in [6.45, 7) is -0.125. The third kappa shape index (κ3) is 5.80. The predicted molar refractivity (Wildman–Crippen MR) is 66.3 cm³/mol. The van der Waals surface area contributed by atoms with Gasteiger partial charge in [0.05, 0.1) is 18.7 Å². The number of ether oxygens (including phenoxy) is 1. The monoisotopic (exact) mass is 298 g/mol. The summed E-state index contributed by atoms with van der Waals surface area (Å²) in [5.74, 6) is -0.644. The van der Waals surface area contributed by atoms with E-state index in [2.05, 4.69) is 5.32 Å². The van der Waals surface area contributed by atoms with Crippen molar-refractivity contribution in [3.05, 3.63) is 29.8 Å². The van der Waals surface area contributed by atoms with Gasteiger partial charge in [0.15, 0.2) is 0 Å². The minimum Gasteiger partial charge on any atom is -0.491 e. The van der Waals surface area contributed by atoms with Crippen molar-refractivity contribution in [1.29, 1.82) is 0 Å². The number of amides is 1. The summed E-state index contributed by atoms with van der Waals surface area (Å²) in [5.41, 5.74) is 4.21. The van der Waals surface area contributed by atoms with E-state index in [0.29, 0.717) is 0 Å². The highest BCUT2D eigenvalue weighted by molar-refractivity contribution is 5.85. The normalized spacial score (nSPS) is 10.5. The van der Waals surface area contributed by atoms with Crippen LogP contribution in [0.1, 0.15) is 5.56 Å². The van der Waals surface area contributed by atoms with Crippen LogP contribution in [0.4, 0.5) is 13.2 Å². The Balaban J connectivity index is 0.00000324. The third-order valence-electron chi connectivity index (χ3n) is 2.06. The molecule has 1 aromatic rings. The number of nitrogens with one attached hydrogen (secondary N) is 1. The first-order valence-electron chi connectivity index (χ1n) is 5.21. The molecule has 8 heteroatoms. The SMILES string of the molecule is Cl.NCC(=O)NCCOc1ccccc1C(F)(F)F. The molecule has 0 heterocycles. The quantitative estimate of drug-likeness (QED) is 0.811. The minimum atomic E-state index is -4.46. The van der Waals surface area contributed by atoms with Crippen LogP contribution >= 0.6 is 12.4 Å². The third-order valence-corrected chi connectivity index (χ3v) is 2.06. The summed E-state index contributed by atoms with van der Waals surface area (Å²) in [6.07, 6.45) is -4.46. The Kier molecular flexibility index (Phi) is 7.25. The molecule has 0 unspecified atom stereocenters. The molecule has 1 rings (SSSR count). The molecule has 0 aromatic heterocycles. The summed E-state index contributed by atoms with van der Waals surface area (Å²) >= 11 is 0. The molecule has 19 heavy (non-hydrogen) atoms. The summed E-state index contributed by atoms with van der Waals surface area (Å²) in [4.78, 5) is 10.8. The second kappa shape index (κ2) is 7.85. The van der Waals surface area contributed by atoms with Crippen LogP contribution in [-0.4, -0.2) is 25.6 Å². The fourth-order valence-electron chi connectivity index (χ4n) is 1.25. The number of carbonyl (C=O) groups is 1. The van der Waals surface area contributed by atoms with E-state index in [1.165, 1.54) is 18.2 Å². The van der Waals surface area contributed by atoms with E-state index in [9.17, 15) is 18.0 Å². The number of carbonyl (C=O) groups excluding carboxylic acids is 1. The Bertz CT molecular complexity index is 413. The molecule has 4 nitrogen and oxygen atoms in total. The minimum absolute atomic E-state index is 0. The standard InChI is InChI=1S/C11H13F3N2O2.ClH/c12-11(13,14)8-3-1-2-4-9(8)18-6-5-16-10(17)7-15;/h1-4H,5-7,15H2,(H,16,17);1H. The molecule has 0 radical (unpaired) electrons. The van der Waals surface area contributed by atoms with Crippen LogP contribution in [0.5, 0.6) is 5.75 Å². The van der Waals surface area contributed by atoms with Gasteiger partial charge < -0.3 is 15.8 Å². The maximum absolute atomic E-state index is 12.6. The largest absolute Gasteiger partial charge is 0.491 e. The number of hydrogen-bond acceptors (Lipinski definition) is 3. The first-order valence-corrected chi connectivity index (χ1v) is 5.21. The van der Waals surface area contributed by atoms with Gasteiger partial charge in [-0.25, -0.2) is 0 Å². The van der Waals surface area contributed by atoms with Crippen LogP contribution in [-0.2, 0) is 11.0 Å². The molecule has 0 saturated carbocycles. The molecule has 1 aromatic carbocycles. The molecule has 0 aliphatic heterocycles. The number of nitrogens with two attached hydrogens (primary N) is 1. The maximum Gasteiger partial charge on any atom is 0.419 e. The first kappa shape index (κ1) is 17.5. The zero-order valence-corrected chi connectivity index (χ0v) is 10.7. The van der Waals surface area contributed by atoms with Gasteiger partial charge in [-0.2, -0.15) is 13.2 Å². The molecule has 0 spiro atoms. The molecule has 0 bridgehead atoms. The lowest BCUT2D eigenvalue weighted by Crippen LogP contribution is -2.33. The van der Waals surface area contributed by atoms with Gasteiger partial charge in [0.1, 0.15) is 12.4 Å². The van der Waals surface area contributed by atoms with Crippen molar-refractivity contribution in [3.8, 4) is 5.75 Å². The highest BCUT2D eigenvalue weighted by atomic mass is 35.5. The Morgan fingerprint density at radius 1 is 1.32 bits per heavy atom. The smallest absolute Gasteiger partial charge is 0.419 e. The van der Waals surface area contributed by atoms with Crippen molar-refractivity contribution in [3.63, 3.8) is 0 Å². The first-order chi connectivity index (χ1) is 8.45. The van der Waals surface area contributed by atoms with Gasteiger partial charge in [0.25, 0.3) is 0 Å².